The highest BCUT2D eigenvalue weighted by atomic mass is 16.6. The molecule has 0 fully saturated rings. The molecule has 21 heavy (non-hydrogen) atoms. The van der Waals surface area contributed by atoms with E-state index in [0.29, 0.717) is 11.6 Å². The Bertz CT molecular complexity index is 700. The molecule has 0 unspecified atom stereocenters. The van der Waals surface area contributed by atoms with Crippen molar-refractivity contribution in [2.24, 2.45) is 0 Å². The van der Waals surface area contributed by atoms with Crippen LogP contribution in [0, 0.1) is 30.9 Å². The minimum absolute atomic E-state index is 0.118. The second-order valence-electron chi connectivity index (χ2n) is 4.76. The van der Waals surface area contributed by atoms with Crippen LogP contribution in [0.15, 0.2) is 18.2 Å². The lowest BCUT2D eigenvalue weighted by Crippen LogP contribution is -2.07. The zero-order chi connectivity index (χ0) is 15.6. The van der Waals surface area contributed by atoms with Gasteiger partial charge in [-0.2, -0.15) is 4.98 Å². The van der Waals surface area contributed by atoms with Crippen molar-refractivity contribution < 1.29 is 4.92 Å². The minimum atomic E-state index is -0.474. The lowest BCUT2D eigenvalue weighted by molar-refractivity contribution is -0.385. The summed E-state index contributed by atoms with van der Waals surface area (Å²) in [6, 6.07) is 5.74. The molecule has 110 valence electrons. The van der Waals surface area contributed by atoms with Crippen LogP contribution in [0.5, 0.6) is 0 Å². The summed E-state index contributed by atoms with van der Waals surface area (Å²) in [6.07, 6.45) is 0. The first kappa shape index (κ1) is 14.7. The highest BCUT2D eigenvalue weighted by Crippen LogP contribution is 2.29. The van der Waals surface area contributed by atoms with Gasteiger partial charge in [0, 0.05) is 12.7 Å². The summed E-state index contributed by atoms with van der Waals surface area (Å²) >= 11 is 0. The van der Waals surface area contributed by atoms with Crippen LogP contribution in [0.4, 0.5) is 23.1 Å². The van der Waals surface area contributed by atoms with Gasteiger partial charge in [-0.25, -0.2) is 4.98 Å². The standard InChI is InChI=1S/C14H17N5O2/c1-8-5-6-11(7-9(8)2)17-13-12(19(20)21)10(3)16-14(15-4)18-13/h5-7H,1-4H3,(H2,15,16,17,18). The topological polar surface area (TPSA) is 93.0 Å². The quantitative estimate of drug-likeness (QED) is 0.663. The van der Waals surface area contributed by atoms with E-state index in [1.165, 1.54) is 0 Å². The van der Waals surface area contributed by atoms with Crippen LogP contribution in [-0.4, -0.2) is 21.9 Å². The third-order valence-corrected chi connectivity index (χ3v) is 3.23. The summed E-state index contributed by atoms with van der Waals surface area (Å²) in [7, 11) is 1.67. The lowest BCUT2D eigenvalue weighted by atomic mass is 10.1. The van der Waals surface area contributed by atoms with Gasteiger partial charge in [0.15, 0.2) is 0 Å². The average molecular weight is 287 g/mol. The molecule has 0 aliphatic heterocycles. The number of nitro groups is 1. The molecular formula is C14H17N5O2. The van der Waals surface area contributed by atoms with Gasteiger partial charge in [-0.15, -0.1) is 0 Å². The summed E-state index contributed by atoms with van der Waals surface area (Å²) in [6.45, 7) is 5.58. The molecule has 0 atom stereocenters. The third kappa shape index (κ3) is 3.07. The van der Waals surface area contributed by atoms with E-state index < -0.39 is 4.92 Å². The predicted octanol–water partition coefficient (Wildman–Crippen LogP) is 3.10. The highest BCUT2D eigenvalue weighted by Gasteiger charge is 2.22. The Morgan fingerprint density at radius 3 is 2.43 bits per heavy atom. The molecule has 2 N–H and O–H groups in total. The smallest absolute Gasteiger partial charge is 0.332 e. The van der Waals surface area contributed by atoms with Crippen molar-refractivity contribution >= 4 is 23.1 Å². The van der Waals surface area contributed by atoms with Crippen molar-refractivity contribution in [2.75, 3.05) is 17.7 Å². The number of hydrogen-bond acceptors (Lipinski definition) is 6. The Morgan fingerprint density at radius 1 is 1.14 bits per heavy atom. The number of benzene rings is 1. The number of hydrogen-bond donors (Lipinski definition) is 2. The molecule has 0 saturated carbocycles. The maximum absolute atomic E-state index is 11.2. The molecular weight excluding hydrogens is 270 g/mol. The number of aromatic nitrogens is 2. The van der Waals surface area contributed by atoms with Crippen molar-refractivity contribution in [1.82, 2.24) is 9.97 Å². The molecule has 1 heterocycles. The molecule has 0 aliphatic carbocycles. The molecule has 1 aromatic heterocycles. The number of aryl methyl sites for hydroxylation is 3. The molecule has 1 aromatic carbocycles. The van der Waals surface area contributed by atoms with Crippen molar-refractivity contribution in [2.45, 2.75) is 20.8 Å². The van der Waals surface area contributed by atoms with E-state index in [0.717, 1.165) is 16.8 Å². The molecule has 0 aliphatic rings. The Balaban J connectivity index is 2.48. The minimum Gasteiger partial charge on any atom is -0.357 e. The van der Waals surface area contributed by atoms with Gasteiger partial charge in [0.25, 0.3) is 0 Å². The number of nitrogens with zero attached hydrogens (tertiary/aromatic N) is 3. The maximum Gasteiger partial charge on any atom is 0.332 e. The Kier molecular flexibility index (Phi) is 4.02. The van der Waals surface area contributed by atoms with Crippen LogP contribution >= 0.6 is 0 Å². The maximum atomic E-state index is 11.2. The Hall–Kier alpha value is -2.70. The highest BCUT2D eigenvalue weighted by molar-refractivity contribution is 5.68. The van der Waals surface area contributed by atoms with Crippen molar-refractivity contribution in [3.8, 4) is 0 Å². The zero-order valence-corrected chi connectivity index (χ0v) is 12.4. The van der Waals surface area contributed by atoms with Crippen LogP contribution in [0.1, 0.15) is 16.8 Å². The largest absolute Gasteiger partial charge is 0.357 e. The summed E-state index contributed by atoms with van der Waals surface area (Å²) in [5, 5.41) is 17.0. The molecule has 0 bridgehead atoms. The molecule has 2 rings (SSSR count). The van der Waals surface area contributed by atoms with Crippen LogP contribution in [0.25, 0.3) is 0 Å². The van der Waals surface area contributed by atoms with Gasteiger partial charge in [0.05, 0.1) is 4.92 Å². The second-order valence-corrected chi connectivity index (χ2v) is 4.76. The van der Waals surface area contributed by atoms with Crippen molar-refractivity contribution in [3.05, 3.63) is 45.1 Å². The third-order valence-electron chi connectivity index (χ3n) is 3.23. The van der Waals surface area contributed by atoms with E-state index in [1.807, 2.05) is 32.0 Å². The van der Waals surface area contributed by atoms with E-state index >= 15 is 0 Å². The van der Waals surface area contributed by atoms with Gasteiger partial charge < -0.3 is 10.6 Å². The lowest BCUT2D eigenvalue weighted by Gasteiger charge is -2.10. The Labute approximate surface area is 122 Å². The van der Waals surface area contributed by atoms with Crippen molar-refractivity contribution in [1.29, 1.82) is 0 Å². The fourth-order valence-corrected chi connectivity index (χ4v) is 1.94. The molecule has 7 nitrogen and oxygen atoms in total. The number of rotatable bonds is 4. The molecule has 0 saturated heterocycles. The van der Waals surface area contributed by atoms with Gasteiger partial charge in [0.1, 0.15) is 5.69 Å². The van der Waals surface area contributed by atoms with Crippen LogP contribution < -0.4 is 10.6 Å². The van der Waals surface area contributed by atoms with Gasteiger partial charge in [-0.1, -0.05) is 6.07 Å². The van der Waals surface area contributed by atoms with Gasteiger partial charge >= 0.3 is 5.69 Å². The van der Waals surface area contributed by atoms with E-state index in [9.17, 15) is 10.1 Å². The Morgan fingerprint density at radius 2 is 1.86 bits per heavy atom. The summed E-state index contributed by atoms with van der Waals surface area (Å²) in [4.78, 5) is 18.9. The fourth-order valence-electron chi connectivity index (χ4n) is 1.94. The average Bonchev–Trinajstić information content (AvgIpc) is 2.41. The summed E-state index contributed by atoms with van der Waals surface area (Å²) < 4.78 is 0. The summed E-state index contributed by atoms with van der Waals surface area (Å²) in [5.41, 5.74) is 3.20. The van der Waals surface area contributed by atoms with E-state index in [1.54, 1.807) is 14.0 Å². The normalized spacial score (nSPS) is 10.3. The van der Waals surface area contributed by atoms with Crippen LogP contribution in [-0.2, 0) is 0 Å². The first-order valence-corrected chi connectivity index (χ1v) is 6.47. The second kappa shape index (κ2) is 5.74. The molecule has 0 radical (unpaired) electrons. The van der Waals surface area contributed by atoms with Crippen LogP contribution in [0.2, 0.25) is 0 Å². The van der Waals surface area contributed by atoms with E-state index in [4.69, 9.17) is 0 Å². The zero-order valence-electron chi connectivity index (χ0n) is 12.4. The van der Waals surface area contributed by atoms with Crippen molar-refractivity contribution in [3.63, 3.8) is 0 Å². The molecule has 2 aromatic rings. The molecule has 0 spiro atoms. The van der Waals surface area contributed by atoms with Gasteiger partial charge in [0.2, 0.25) is 11.8 Å². The predicted molar refractivity (Wildman–Crippen MR) is 82.2 cm³/mol. The van der Waals surface area contributed by atoms with Gasteiger partial charge in [-0.05, 0) is 44.0 Å². The molecule has 7 heteroatoms. The SMILES string of the molecule is CNc1nc(C)c([N+](=O)[O-])c(Nc2ccc(C)c(C)c2)n1. The first-order chi connectivity index (χ1) is 9.92. The summed E-state index contributed by atoms with van der Waals surface area (Å²) in [5.74, 6) is 0.518. The van der Waals surface area contributed by atoms with E-state index in [-0.39, 0.29) is 11.5 Å². The monoisotopic (exact) mass is 287 g/mol. The first-order valence-electron chi connectivity index (χ1n) is 6.47. The fraction of sp³-hybridized carbons (Fsp3) is 0.286. The number of anilines is 3. The van der Waals surface area contributed by atoms with E-state index in [2.05, 4.69) is 20.6 Å². The van der Waals surface area contributed by atoms with Gasteiger partial charge in [-0.3, -0.25) is 10.1 Å². The molecule has 0 amide bonds. The number of nitrogens with one attached hydrogen (secondary N) is 2. The van der Waals surface area contributed by atoms with Crippen LogP contribution in [0.3, 0.4) is 0 Å².